The Hall–Kier alpha value is -1.06. The summed E-state index contributed by atoms with van der Waals surface area (Å²) < 4.78 is 5.63. The Morgan fingerprint density at radius 3 is 2.50 bits per heavy atom. The van der Waals surface area contributed by atoms with E-state index in [-0.39, 0.29) is 0 Å². The molecule has 1 fully saturated rings. The van der Waals surface area contributed by atoms with Crippen LogP contribution in [0.25, 0.3) is 0 Å². The fourth-order valence-electron chi connectivity index (χ4n) is 2.79. The minimum Gasteiger partial charge on any atom is -0.494 e. The first-order valence-electron chi connectivity index (χ1n) is 7.87. The van der Waals surface area contributed by atoms with Gasteiger partial charge in [0.2, 0.25) is 0 Å². The van der Waals surface area contributed by atoms with E-state index in [1.807, 2.05) is 0 Å². The quantitative estimate of drug-likeness (QED) is 0.792. The van der Waals surface area contributed by atoms with Crippen molar-refractivity contribution in [1.82, 2.24) is 4.90 Å². The fourth-order valence-corrected chi connectivity index (χ4v) is 2.79. The van der Waals surface area contributed by atoms with Gasteiger partial charge < -0.3 is 10.5 Å². The highest BCUT2D eigenvalue weighted by Gasteiger charge is 2.23. The van der Waals surface area contributed by atoms with E-state index in [9.17, 15) is 0 Å². The number of nitrogens with two attached hydrogens (primary N) is 1. The van der Waals surface area contributed by atoms with Crippen LogP contribution in [0.1, 0.15) is 44.2 Å². The summed E-state index contributed by atoms with van der Waals surface area (Å²) in [4.78, 5) is 2.41. The van der Waals surface area contributed by atoms with Crippen molar-refractivity contribution in [3.05, 3.63) is 29.8 Å². The first-order valence-corrected chi connectivity index (χ1v) is 7.87. The normalized spacial score (nSPS) is 17.0. The Bertz CT molecular complexity index is 386. The fraction of sp³-hybridized carbons (Fsp3) is 0.647. The molecule has 0 radical (unpaired) electrons. The largest absolute Gasteiger partial charge is 0.494 e. The molecule has 2 rings (SSSR count). The number of benzene rings is 1. The Labute approximate surface area is 123 Å². The van der Waals surface area contributed by atoms with Gasteiger partial charge in [0.1, 0.15) is 5.75 Å². The van der Waals surface area contributed by atoms with Crippen LogP contribution in [0.5, 0.6) is 5.75 Å². The molecule has 112 valence electrons. The van der Waals surface area contributed by atoms with Crippen LogP contribution in [0.3, 0.4) is 0 Å². The second-order valence-corrected chi connectivity index (χ2v) is 5.91. The highest BCUT2D eigenvalue weighted by Crippen LogP contribution is 2.29. The lowest BCUT2D eigenvalue weighted by molar-refractivity contribution is 0.165. The predicted octanol–water partition coefficient (Wildman–Crippen LogP) is 3.21. The van der Waals surface area contributed by atoms with Crippen LogP contribution in [-0.2, 0) is 0 Å². The van der Waals surface area contributed by atoms with Crippen LogP contribution < -0.4 is 10.5 Å². The maximum absolute atomic E-state index is 5.99. The highest BCUT2D eigenvalue weighted by atomic mass is 16.5. The minimum absolute atomic E-state index is 0.316. The average molecular weight is 276 g/mol. The van der Waals surface area contributed by atoms with E-state index >= 15 is 0 Å². The van der Waals surface area contributed by atoms with Gasteiger partial charge in [-0.15, -0.1) is 0 Å². The maximum Gasteiger partial charge on any atom is 0.119 e. The standard InChI is InChI=1S/C17H28N2O/c1-3-11-20-16-9-7-15(8-10-16)17(12-18)19(2)13-14-5-4-6-14/h7-10,14,17H,3-6,11-13,18H2,1-2H3. The molecule has 0 aliphatic heterocycles. The maximum atomic E-state index is 5.99. The third-order valence-electron chi connectivity index (χ3n) is 4.26. The Morgan fingerprint density at radius 2 is 2.00 bits per heavy atom. The van der Waals surface area contributed by atoms with E-state index in [1.54, 1.807) is 0 Å². The van der Waals surface area contributed by atoms with Crippen molar-refractivity contribution in [2.24, 2.45) is 11.7 Å². The van der Waals surface area contributed by atoms with Crippen LogP contribution in [0.2, 0.25) is 0 Å². The van der Waals surface area contributed by atoms with E-state index < -0.39 is 0 Å². The van der Waals surface area contributed by atoms with E-state index in [0.717, 1.165) is 31.2 Å². The second kappa shape index (κ2) is 7.65. The summed E-state index contributed by atoms with van der Waals surface area (Å²) in [7, 11) is 2.19. The van der Waals surface area contributed by atoms with Crippen molar-refractivity contribution in [2.45, 2.75) is 38.6 Å². The minimum atomic E-state index is 0.316. The molecule has 0 amide bonds. The summed E-state index contributed by atoms with van der Waals surface area (Å²) in [5.74, 6) is 1.83. The van der Waals surface area contributed by atoms with E-state index in [0.29, 0.717) is 12.6 Å². The molecular formula is C17H28N2O. The third-order valence-corrected chi connectivity index (χ3v) is 4.26. The average Bonchev–Trinajstić information content (AvgIpc) is 2.43. The Morgan fingerprint density at radius 1 is 1.30 bits per heavy atom. The number of ether oxygens (including phenoxy) is 1. The van der Waals surface area contributed by atoms with Gasteiger partial charge in [0.15, 0.2) is 0 Å². The molecule has 3 nitrogen and oxygen atoms in total. The Balaban J connectivity index is 1.95. The van der Waals surface area contributed by atoms with Gasteiger partial charge in [-0.3, -0.25) is 4.90 Å². The molecule has 1 aliphatic carbocycles. The molecule has 0 aromatic heterocycles. The van der Waals surface area contributed by atoms with Gasteiger partial charge in [-0.25, -0.2) is 0 Å². The molecule has 1 aromatic rings. The van der Waals surface area contributed by atoms with Crippen molar-refractivity contribution in [3.63, 3.8) is 0 Å². The second-order valence-electron chi connectivity index (χ2n) is 5.91. The zero-order chi connectivity index (χ0) is 14.4. The number of hydrogen-bond donors (Lipinski definition) is 1. The molecular weight excluding hydrogens is 248 g/mol. The summed E-state index contributed by atoms with van der Waals surface area (Å²) in [5, 5.41) is 0. The number of rotatable bonds is 8. The van der Waals surface area contributed by atoms with Crippen LogP contribution in [0.4, 0.5) is 0 Å². The van der Waals surface area contributed by atoms with Gasteiger partial charge in [0.25, 0.3) is 0 Å². The summed E-state index contributed by atoms with van der Waals surface area (Å²) in [6.45, 7) is 4.73. The highest BCUT2D eigenvalue weighted by molar-refractivity contribution is 5.29. The van der Waals surface area contributed by atoms with Crippen molar-refractivity contribution >= 4 is 0 Å². The molecule has 0 bridgehead atoms. The van der Waals surface area contributed by atoms with Crippen LogP contribution in [-0.4, -0.2) is 31.6 Å². The topological polar surface area (TPSA) is 38.5 Å². The molecule has 2 N–H and O–H groups in total. The lowest BCUT2D eigenvalue weighted by Gasteiger charge is -2.34. The van der Waals surface area contributed by atoms with Crippen LogP contribution in [0, 0.1) is 5.92 Å². The van der Waals surface area contributed by atoms with Crippen molar-refractivity contribution < 1.29 is 4.74 Å². The first-order chi connectivity index (χ1) is 9.74. The van der Waals surface area contributed by atoms with E-state index in [2.05, 4.69) is 43.1 Å². The monoisotopic (exact) mass is 276 g/mol. The molecule has 1 unspecified atom stereocenters. The molecule has 1 atom stereocenters. The zero-order valence-electron chi connectivity index (χ0n) is 12.8. The molecule has 1 aliphatic rings. The number of likely N-dealkylation sites (N-methyl/N-ethyl adjacent to an activating group) is 1. The predicted molar refractivity (Wildman–Crippen MR) is 84.0 cm³/mol. The molecule has 0 heterocycles. The molecule has 1 saturated carbocycles. The van der Waals surface area contributed by atoms with Gasteiger partial charge in [-0.05, 0) is 49.9 Å². The van der Waals surface area contributed by atoms with Gasteiger partial charge in [0.05, 0.1) is 6.61 Å². The van der Waals surface area contributed by atoms with E-state index in [1.165, 1.54) is 24.8 Å². The number of nitrogens with zero attached hydrogens (tertiary/aromatic N) is 1. The van der Waals surface area contributed by atoms with Crippen molar-refractivity contribution in [1.29, 1.82) is 0 Å². The van der Waals surface area contributed by atoms with Crippen LogP contribution >= 0.6 is 0 Å². The molecule has 3 heteroatoms. The third kappa shape index (κ3) is 3.97. The van der Waals surface area contributed by atoms with E-state index in [4.69, 9.17) is 10.5 Å². The SMILES string of the molecule is CCCOc1ccc(C(CN)N(C)CC2CCC2)cc1. The summed E-state index contributed by atoms with van der Waals surface area (Å²) in [6, 6.07) is 8.74. The molecule has 0 spiro atoms. The molecule has 0 saturated heterocycles. The van der Waals surface area contributed by atoms with Crippen molar-refractivity contribution in [2.75, 3.05) is 26.7 Å². The van der Waals surface area contributed by atoms with Crippen molar-refractivity contribution in [3.8, 4) is 5.75 Å². The first kappa shape index (κ1) is 15.3. The lowest BCUT2D eigenvalue weighted by Crippen LogP contribution is -2.36. The summed E-state index contributed by atoms with van der Waals surface area (Å²) in [6.07, 6.45) is 5.20. The Kier molecular flexibility index (Phi) is 5.86. The number of hydrogen-bond acceptors (Lipinski definition) is 3. The van der Waals surface area contributed by atoms with Gasteiger partial charge >= 0.3 is 0 Å². The summed E-state index contributed by atoms with van der Waals surface area (Å²) in [5.41, 5.74) is 7.28. The molecule has 20 heavy (non-hydrogen) atoms. The summed E-state index contributed by atoms with van der Waals surface area (Å²) >= 11 is 0. The van der Waals surface area contributed by atoms with Gasteiger partial charge in [-0.1, -0.05) is 25.5 Å². The molecule has 1 aromatic carbocycles. The lowest BCUT2D eigenvalue weighted by atomic mass is 9.85. The smallest absolute Gasteiger partial charge is 0.119 e. The zero-order valence-corrected chi connectivity index (χ0v) is 12.8. The van der Waals surface area contributed by atoms with Gasteiger partial charge in [-0.2, -0.15) is 0 Å². The van der Waals surface area contributed by atoms with Crippen LogP contribution in [0.15, 0.2) is 24.3 Å². The van der Waals surface area contributed by atoms with Gasteiger partial charge in [0, 0.05) is 19.1 Å².